The van der Waals surface area contributed by atoms with Gasteiger partial charge < -0.3 is 9.47 Å². The first-order valence-electron chi connectivity index (χ1n) is 6.87. The monoisotopic (exact) mass is 267 g/mol. The van der Waals surface area contributed by atoms with Crippen LogP contribution in [0.4, 0.5) is 0 Å². The van der Waals surface area contributed by atoms with Crippen LogP contribution in [0, 0.1) is 0 Å². The first kappa shape index (κ1) is 14.0. The predicted octanol–water partition coefficient (Wildman–Crippen LogP) is 1.76. The maximum Gasteiger partial charge on any atom is 0.360 e. The lowest BCUT2D eigenvalue weighted by Crippen LogP contribution is -2.11. The minimum atomic E-state index is -0.354. The molecular formula is C13H21N3O3. The van der Waals surface area contributed by atoms with E-state index in [4.69, 9.17) is 9.47 Å². The first-order chi connectivity index (χ1) is 9.27. The van der Waals surface area contributed by atoms with Gasteiger partial charge in [0.1, 0.15) is 0 Å². The fourth-order valence-electron chi connectivity index (χ4n) is 2.10. The highest BCUT2D eigenvalue weighted by atomic mass is 16.5. The molecule has 1 fully saturated rings. The Morgan fingerprint density at radius 3 is 2.84 bits per heavy atom. The highest BCUT2D eigenvalue weighted by Crippen LogP contribution is 2.41. The van der Waals surface area contributed by atoms with Gasteiger partial charge in [-0.05, 0) is 32.6 Å². The van der Waals surface area contributed by atoms with Crippen molar-refractivity contribution in [3.05, 3.63) is 11.4 Å². The van der Waals surface area contributed by atoms with Crippen LogP contribution in [0.1, 0.15) is 54.7 Å². The minimum Gasteiger partial charge on any atom is -0.461 e. The van der Waals surface area contributed by atoms with Gasteiger partial charge in [0.2, 0.25) is 0 Å². The van der Waals surface area contributed by atoms with E-state index < -0.39 is 0 Å². The highest BCUT2D eigenvalue weighted by molar-refractivity contribution is 5.88. The molecule has 0 amide bonds. The largest absolute Gasteiger partial charge is 0.461 e. The van der Waals surface area contributed by atoms with Crippen molar-refractivity contribution in [2.45, 2.75) is 45.1 Å². The molecule has 0 N–H and O–H groups in total. The van der Waals surface area contributed by atoms with Crippen molar-refractivity contribution >= 4 is 5.97 Å². The molecule has 1 aliphatic rings. The van der Waals surface area contributed by atoms with E-state index in [9.17, 15) is 4.79 Å². The predicted molar refractivity (Wildman–Crippen MR) is 69.1 cm³/mol. The Kier molecular flexibility index (Phi) is 4.90. The van der Waals surface area contributed by atoms with E-state index in [0.717, 1.165) is 44.5 Å². The highest BCUT2D eigenvalue weighted by Gasteiger charge is 2.34. The van der Waals surface area contributed by atoms with Crippen molar-refractivity contribution in [1.82, 2.24) is 15.0 Å². The van der Waals surface area contributed by atoms with Gasteiger partial charge in [0, 0.05) is 26.2 Å². The van der Waals surface area contributed by atoms with E-state index in [0.29, 0.717) is 18.2 Å². The summed E-state index contributed by atoms with van der Waals surface area (Å²) in [4.78, 5) is 11.8. The van der Waals surface area contributed by atoms with Crippen LogP contribution in [0.3, 0.4) is 0 Å². The second-order valence-corrected chi connectivity index (χ2v) is 4.74. The van der Waals surface area contributed by atoms with Crippen LogP contribution in [-0.4, -0.2) is 41.3 Å². The molecule has 1 saturated carbocycles. The first-order valence-corrected chi connectivity index (χ1v) is 6.87. The lowest BCUT2D eigenvalue weighted by molar-refractivity contribution is 0.0518. The molecule has 0 saturated heterocycles. The van der Waals surface area contributed by atoms with Crippen LogP contribution in [-0.2, 0) is 16.0 Å². The minimum absolute atomic E-state index is 0.354. The van der Waals surface area contributed by atoms with Gasteiger partial charge in [-0.25, -0.2) is 9.48 Å². The quantitative estimate of drug-likeness (QED) is 0.530. The summed E-state index contributed by atoms with van der Waals surface area (Å²) >= 11 is 0. The Hall–Kier alpha value is -1.43. The van der Waals surface area contributed by atoms with Crippen molar-refractivity contribution in [3.8, 4) is 0 Å². The normalized spacial score (nSPS) is 14.6. The van der Waals surface area contributed by atoms with Crippen molar-refractivity contribution in [1.29, 1.82) is 0 Å². The third-order valence-electron chi connectivity index (χ3n) is 3.17. The summed E-state index contributed by atoms with van der Waals surface area (Å²) in [7, 11) is 1.70. The maximum absolute atomic E-state index is 11.8. The van der Waals surface area contributed by atoms with Crippen molar-refractivity contribution in [3.63, 3.8) is 0 Å². The average molecular weight is 267 g/mol. The number of aryl methyl sites for hydroxylation is 1. The van der Waals surface area contributed by atoms with Gasteiger partial charge in [0.25, 0.3) is 0 Å². The van der Waals surface area contributed by atoms with Gasteiger partial charge in [-0.2, -0.15) is 0 Å². The standard InChI is InChI=1S/C13H21N3O3/c1-3-19-13(17)11-12(10-6-7-10)16(15-14-11)8-4-5-9-18-2/h10H,3-9H2,1-2H3. The Bertz CT molecular complexity index is 427. The molecular weight excluding hydrogens is 246 g/mol. The molecule has 0 aliphatic heterocycles. The molecule has 1 aromatic rings. The molecule has 0 radical (unpaired) electrons. The van der Waals surface area contributed by atoms with E-state index in [-0.39, 0.29) is 5.97 Å². The van der Waals surface area contributed by atoms with Crippen LogP contribution in [0.15, 0.2) is 0 Å². The number of nitrogens with zero attached hydrogens (tertiary/aromatic N) is 3. The van der Waals surface area contributed by atoms with E-state index in [1.807, 2.05) is 4.68 Å². The van der Waals surface area contributed by atoms with Crippen molar-refractivity contribution < 1.29 is 14.3 Å². The molecule has 106 valence electrons. The maximum atomic E-state index is 11.8. The Labute approximate surface area is 113 Å². The van der Waals surface area contributed by atoms with Gasteiger partial charge in [0.15, 0.2) is 5.69 Å². The Morgan fingerprint density at radius 2 is 2.21 bits per heavy atom. The number of hydrogen-bond donors (Lipinski definition) is 0. The third-order valence-corrected chi connectivity index (χ3v) is 3.17. The Balaban J connectivity index is 2.04. The Morgan fingerprint density at radius 1 is 1.42 bits per heavy atom. The summed E-state index contributed by atoms with van der Waals surface area (Å²) in [5, 5.41) is 8.11. The topological polar surface area (TPSA) is 66.2 Å². The van der Waals surface area contributed by atoms with E-state index in [2.05, 4.69) is 10.3 Å². The lowest BCUT2D eigenvalue weighted by atomic mass is 10.2. The fraction of sp³-hybridized carbons (Fsp3) is 0.769. The molecule has 2 rings (SSSR count). The summed E-state index contributed by atoms with van der Waals surface area (Å²) in [5.41, 5.74) is 1.35. The van der Waals surface area contributed by atoms with E-state index in [1.54, 1.807) is 14.0 Å². The number of carbonyl (C=O) groups excluding carboxylic acids is 1. The second kappa shape index (κ2) is 6.65. The number of methoxy groups -OCH3 is 1. The smallest absolute Gasteiger partial charge is 0.360 e. The zero-order valence-corrected chi connectivity index (χ0v) is 11.6. The van der Waals surface area contributed by atoms with Gasteiger partial charge in [-0.15, -0.1) is 5.10 Å². The second-order valence-electron chi connectivity index (χ2n) is 4.74. The molecule has 6 heteroatoms. The van der Waals surface area contributed by atoms with Gasteiger partial charge in [0.05, 0.1) is 12.3 Å². The van der Waals surface area contributed by atoms with Crippen LogP contribution >= 0.6 is 0 Å². The number of esters is 1. The van der Waals surface area contributed by atoms with Crippen LogP contribution < -0.4 is 0 Å². The summed E-state index contributed by atoms with van der Waals surface area (Å²) in [5.74, 6) is 0.0735. The molecule has 1 aromatic heterocycles. The lowest BCUT2D eigenvalue weighted by Gasteiger charge is -2.06. The summed E-state index contributed by atoms with van der Waals surface area (Å²) in [6.45, 7) is 3.69. The summed E-state index contributed by atoms with van der Waals surface area (Å²) < 4.78 is 11.9. The summed E-state index contributed by atoms with van der Waals surface area (Å²) in [6.07, 6.45) is 4.17. The average Bonchev–Trinajstić information content (AvgIpc) is 3.15. The number of aromatic nitrogens is 3. The molecule has 6 nitrogen and oxygen atoms in total. The van der Waals surface area contributed by atoms with E-state index in [1.165, 1.54) is 0 Å². The number of hydrogen-bond acceptors (Lipinski definition) is 5. The number of carbonyl (C=O) groups is 1. The molecule has 1 heterocycles. The number of unbranched alkanes of at least 4 members (excludes halogenated alkanes) is 1. The number of rotatable bonds is 8. The van der Waals surface area contributed by atoms with E-state index >= 15 is 0 Å². The molecule has 0 bridgehead atoms. The zero-order chi connectivity index (χ0) is 13.7. The van der Waals surface area contributed by atoms with Gasteiger partial charge in [-0.3, -0.25) is 0 Å². The SMILES string of the molecule is CCOC(=O)c1nnn(CCCCOC)c1C1CC1. The van der Waals surface area contributed by atoms with Gasteiger partial charge >= 0.3 is 5.97 Å². The molecule has 0 aromatic carbocycles. The molecule has 0 spiro atoms. The molecule has 0 unspecified atom stereocenters. The van der Waals surface area contributed by atoms with Gasteiger partial charge in [-0.1, -0.05) is 5.21 Å². The van der Waals surface area contributed by atoms with Crippen LogP contribution in [0.5, 0.6) is 0 Å². The number of ether oxygens (including phenoxy) is 2. The fourth-order valence-corrected chi connectivity index (χ4v) is 2.10. The van der Waals surface area contributed by atoms with Crippen LogP contribution in [0.25, 0.3) is 0 Å². The molecule has 1 aliphatic carbocycles. The molecule has 0 atom stereocenters. The molecule has 19 heavy (non-hydrogen) atoms. The zero-order valence-electron chi connectivity index (χ0n) is 11.6. The summed E-state index contributed by atoms with van der Waals surface area (Å²) in [6, 6.07) is 0. The third kappa shape index (κ3) is 3.53. The van der Waals surface area contributed by atoms with Crippen molar-refractivity contribution in [2.24, 2.45) is 0 Å². The van der Waals surface area contributed by atoms with Crippen LogP contribution in [0.2, 0.25) is 0 Å². The van der Waals surface area contributed by atoms with Crippen molar-refractivity contribution in [2.75, 3.05) is 20.3 Å².